The van der Waals surface area contributed by atoms with Crippen molar-refractivity contribution in [1.82, 2.24) is 9.62 Å². The van der Waals surface area contributed by atoms with Gasteiger partial charge in [0.1, 0.15) is 10.6 Å². The molecule has 1 aromatic carbocycles. The van der Waals surface area contributed by atoms with E-state index >= 15 is 0 Å². The third-order valence-corrected chi connectivity index (χ3v) is 6.42. The number of sulfonamides is 1. The monoisotopic (exact) mass is 368 g/mol. The van der Waals surface area contributed by atoms with Gasteiger partial charge in [-0.2, -0.15) is 0 Å². The smallest absolute Gasteiger partial charge is 0.251 e. The van der Waals surface area contributed by atoms with Crippen molar-refractivity contribution in [2.24, 2.45) is 0 Å². The highest BCUT2D eigenvalue weighted by Crippen LogP contribution is 2.27. The van der Waals surface area contributed by atoms with Gasteiger partial charge >= 0.3 is 0 Å². The van der Waals surface area contributed by atoms with Crippen LogP contribution in [0.1, 0.15) is 20.8 Å². The van der Waals surface area contributed by atoms with Crippen molar-refractivity contribution in [1.29, 1.82) is 0 Å². The maximum atomic E-state index is 12.4. The summed E-state index contributed by atoms with van der Waals surface area (Å²) in [7, 11) is 0.545. The second-order valence-corrected chi connectivity index (χ2v) is 8.48. The molecule has 2 aromatic rings. The molecule has 130 valence electrons. The Kier molecular flexibility index (Phi) is 5.63. The van der Waals surface area contributed by atoms with Gasteiger partial charge in [0.2, 0.25) is 10.0 Å². The molecule has 1 heterocycles. The first-order chi connectivity index (χ1) is 11.3. The summed E-state index contributed by atoms with van der Waals surface area (Å²) < 4.78 is 31.0. The largest absolute Gasteiger partial charge is 0.495 e. The first kappa shape index (κ1) is 18.4. The fraction of sp³-hybridized carbons (Fsp3) is 0.312. The zero-order valence-electron chi connectivity index (χ0n) is 14.0. The summed E-state index contributed by atoms with van der Waals surface area (Å²) in [6.07, 6.45) is 0. The summed E-state index contributed by atoms with van der Waals surface area (Å²) >= 11 is 1.57. The Hall–Kier alpha value is -1.90. The van der Waals surface area contributed by atoms with Crippen LogP contribution in [0.25, 0.3) is 0 Å². The molecule has 1 amide bonds. The minimum Gasteiger partial charge on any atom is -0.495 e. The van der Waals surface area contributed by atoms with E-state index in [1.807, 2.05) is 18.4 Å². The average molecular weight is 368 g/mol. The van der Waals surface area contributed by atoms with Gasteiger partial charge in [0.25, 0.3) is 5.91 Å². The van der Waals surface area contributed by atoms with Crippen LogP contribution in [0.4, 0.5) is 0 Å². The first-order valence-corrected chi connectivity index (χ1v) is 9.51. The number of benzene rings is 1. The lowest BCUT2D eigenvalue weighted by molar-refractivity contribution is 0.0951. The lowest BCUT2D eigenvalue weighted by Crippen LogP contribution is -2.25. The Morgan fingerprint density at radius 1 is 1.29 bits per heavy atom. The van der Waals surface area contributed by atoms with E-state index in [1.54, 1.807) is 17.4 Å². The summed E-state index contributed by atoms with van der Waals surface area (Å²) in [5.74, 6) is -0.130. The molecule has 24 heavy (non-hydrogen) atoms. The van der Waals surface area contributed by atoms with Crippen LogP contribution >= 0.6 is 11.3 Å². The predicted octanol–water partition coefficient (Wildman–Crippen LogP) is 2.25. The fourth-order valence-corrected chi connectivity index (χ4v) is 3.98. The summed E-state index contributed by atoms with van der Waals surface area (Å²) in [6, 6.07) is 6.36. The number of nitrogens with one attached hydrogen (secondary N) is 1. The number of carbonyl (C=O) groups excluding carboxylic acids is 1. The Bertz CT molecular complexity index is 842. The maximum Gasteiger partial charge on any atom is 0.251 e. The molecule has 6 nitrogen and oxygen atoms in total. The summed E-state index contributed by atoms with van der Waals surface area (Å²) in [5.41, 5.74) is 1.39. The van der Waals surface area contributed by atoms with Gasteiger partial charge in [0.05, 0.1) is 13.7 Å². The van der Waals surface area contributed by atoms with Crippen molar-refractivity contribution in [2.45, 2.75) is 18.4 Å². The molecule has 1 N–H and O–H groups in total. The van der Waals surface area contributed by atoms with E-state index in [4.69, 9.17) is 4.74 Å². The highest BCUT2D eigenvalue weighted by molar-refractivity contribution is 7.89. The summed E-state index contributed by atoms with van der Waals surface area (Å²) in [6.45, 7) is 2.39. The molecule has 0 bridgehead atoms. The second kappa shape index (κ2) is 7.33. The lowest BCUT2D eigenvalue weighted by Gasteiger charge is -2.15. The second-order valence-electron chi connectivity index (χ2n) is 5.36. The van der Waals surface area contributed by atoms with Gasteiger partial charge in [-0.05, 0) is 42.1 Å². The Morgan fingerprint density at radius 2 is 2.00 bits per heavy atom. The molecule has 0 aliphatic heterocycles. The Labute approximate surface area is 146 Å². The summed E-state index contributed by atoms with van der Waals surface area (Å²) in [4.78, 5) is 13.4. The number of thiophene rings is 1. The van der Waals surface area contributed by atoms with Crippen LogP contribution < -0.4 is 10.1 Å². The Balaban J connectivity index is 2.28. The molecule has 0 unspecified atom stereocenters. The molecular formula is C16H20N2O4S2. The van der Waals surface area contributed by atoms with Crippen LogP contribution in [0, 0.1) is 6.92 Å². The molecule has 2 rings (SSSR count). The van der Waals surface area contributed by atoms with Crippen molar-refractivity contribution in [3.63, 3.8) is 0 Å². The molecule has 0 atom stereocenters. The number of rotatable bonds is 6. The number of ether oxygens (including phenoxy) is 1. The lowest BCUT2D eigenvalue weighted by atomic mass is 10.2. The highest BCUT2D eigenvalue weighted by Gasteiger charge is 2.23. The minimum atomic E-state index is -3.71. The van der Waals surface area contributed by atoms with E-state index in [2.05, 4.69) is 5.32 Å². The van der Waals surface area contributed by atoms with E-state index in [9.17, 15) is 13.2 Å². The minimum absolute atomic E-state index is 0.0324. The normalized spacial score (nSPS) is 11.5. The number of amides is 1. The first-order valence-electron chi connectivity index (χ1n) is 7.19. The van der Waals surface area contributed by atoms with E-state index in [0.717, 1.165) is 14.7 Å². The quantitative estimate of drug-likeness (QED) is 0.848. The van der Waals surface area contributed by atoms with Crippen LogP contribution in [0.3, 0.4) is 0 Å². The highest BCUT2D eigenvalue weighted by atomic mass is 32.2. The molecule has 8 heteroatoms. The zero-order valence-corrected chi connectivity index (χ0v) is 15.6. The zero-order chi connectivity index (χ0) is 17.9. The number of hydrogen-bond acceptors (Lipinski definition) is 5. The topological polar surface area (TPSA) is 75.7 Å². The van der Waals surface area contributed by atoms with Crippen molar-refractivity contribution in [2.75, 3.05) is 21.2 Å². The van der Waals surface area contributed by atoms with Crippen molar-refractivity contribution < 1.29 is 17.9 Å². The van der Waals surface area contributed by atoms with Gasteiger partial charge in [-0.1, -0.05) is 0 Å². The van der Waals surface area contributed by atoms with Gasteiger partial charge in [-0.15, -0.1) is 11.3 Å². The molecule has 1 aromatic heterocycles. The van der Waals surface area contributed by atoms with Crippen LogP contribution in [-0.4, -0.2) is 39.8 Å². The van der Waals surface area contributed by atoms with Crippen molar-refractivity contribution in [3.8, 4) is 5.75 Å². The summed E-state index contributed by atoms with van der Waals surface area (Å²) in [5, 5.41) is 4.77. The molecule has 0 saturated heterocycles. The van der Waals surface area contributed by atoms with Gasteiger partial charge in [0.15, 0.2) is 0 Å². The van der Waals surface area contributed by atoms with Crippen molar-refractivity contribution in [3.05, 3.63) is 45.6 Å². The van der Waals surface area contributed by atoms with Crippen LogP contribution in [0.5, 0.6) is 5.75 Å². The number of aryl methyl sites for hydroxylation is 1. The van der Waals surface area contributed by atoms with E-state index < -0.39 is 10.0 Å². The molecule has 0 aliphatic rings. The number of nitrogens with zero attached hydrogens (tertiary/aromatic N) is 1. The third kappa shape index (κ3) is 3.77. The molecular weight excluding hydrogens is 348 g/mol. The number of carbonyl (C=O) groups is 1. The maximum absolute atomic E-state index is 12.4. The standard InChI is InChI=1S/C16H20N2O4S2/c1-11-7-8-23-14(11)10-17-16(19)12-5-6-13(22-4)15(9-12)24(20,21)18(2)3/h5-9H,10H2,1-4H3,(H,17,19). The van der Waals surface area contributed by atoms with Gasteiger partial charge in [0, 0.05) is 24.5 Å². The van der Waals surface area contributed by atoms with Crippen LogP contribution in [-0.2, 0) is 16.6 Å². The number of methoxy groups -OCH3 is 1. The number of hydrogen-bond donors (Lipinski definition) is 1. The van der Waals surface area contributed by atoms with E-state index in [-0.39, 0.29) is 22.1 Å². The Morgan fingerprint density at radius 3 is 2.54 bits per heavy atom. The fourth-order valence-electron chi connectivity index (χ4n) is 2.06. The van der Waals surface area contributed by atoms with Crippen molar-refractivity contribution >= 4 is 27.3 Å². The molecule has 0 spiro atoms. The third-order valence-electron chi connectivity index (χ3n) is 3.56. The molecule has 0 saturated carbocycles. The molecule has 0 aliphatic carbocycles. The van der Waals surface area contributed by atoms with E-state index in [0.29, 0.717) is 6.54 Å². The SMILES string of the molecule is COc1ccc(C(=O)NCc2sccc2C)cc1S(=O)(=O)N(C)C. The average Bonchev–Trinajstić information content (AvgIpc) is 2.96. The predicted molar refractivity (Wildman–Crippen MR) is 94.1 cm³/mol. The van der Waals surface area contributed by atoms with E-state index in [1.165, 1.54) is 33.3 Å². The van der Waals surface area contributed by atoms with Crippen LogP contribution in [0.15, 0.2) is 34.5 Å². The van der Waals surface area contributed by atoms with Gasteiger partial charge < -0.3 is 10.1 Å². The van der Waals surface area contributed by atoms with Crippen LogP contribution in [0.2, 0.25) is 0 Å². The van der Waals surface area contributed by atoms with Gasteiger partial charge in [-0.25, -0.2) is 12.7 Å². The molecule has 0 radical (unpaired) electrons. The molecule has 0 fully saturated rings. The van der Waals surface area contributed by atoms with Gasteiger partial charge in [-0.3, -0.25) is 4.79 Å².